The number of amides is 1. The van der Waals surface area contributed by atoms with E-state index in [-0.39, 0.29) is 5.91 Å². The first-order valence-electron chi connectivity index (χ1n) is 10.3. The highest BCUT2D eigenvalue weighted by Crippen LogP contribution is 2.21. The van der Waals surface area contributed by atoms with Crippen LogP contribution >= 0.6 is 0 Å². The lowest BCUT2D eigenvalue weighted by Gasteiger charge is -2.06. The first-order chi connectivity index (χ1) is 16.1. The maximum Gasteiger partial charge on any atom is 0.343 e. The molecule has 6 nitrogen and oxygen atoms in total. The van der Waals surface area contributed by atoms with Crippen molar-refractivity contribution in [3.8, 4) is 16.9 Å². The molecule has 0 bridgehead atoms. The summed E-state index contributed by atoms with van der Waals surface area (Å²) in [5, 5.41) is 3.94. The molecule has 6 heteroatoms. The average Bonchev–Trinajstić information content (AvgIpc) is 2.86. The van der Waals surface area contributed by atoms with Gasteiger partial charge in [-0.3, -0.25) is 9.78 Å². The lowest BCUT2D eigenvalue weighted by atomic mass is 10.0. The molecular formula is C27H21N3O3. The van der Waals surface area contributed by atoms with Crippen LogP contribution in [0.5, 0.6) is 5.75 Å². The van der Waals surface area contributed by atoms with Crippen LogP contribution < -0.4 is 10.2 Å². The zero-order valence-electron chi connectivity index (χ0n) is 17.9. The third kappa shape index (κ3) is 5.77. The number of ether oxygens (including phenoxy) is 1. The average molecular weight is 435 g/mol. The Labute approximate surface area is 191 Å². The van der Waals surface area contributed by atoms with Crippen molar-refractivity contribution in [1.29, 1.82) is 0 Å². The summed E-state index contributed by atoms with van der Waals surface area (Å²) in [7, 11) is 0. The molecule has 0 radical (unpaired) electrons. The van der Waals surface area contributed by atoms with Crippen molar-refractivity contribution >= 4 is 18.1 Å². The largest absolute Gasteiger partial charge is 0.423 e. The van der Waals surface area contributed by atoms with Gasteiger partial charge < -0.3 is 4.74 Å². The maximum absolute atomic E-state index is 12.5. The topological polar surface area (TPSA) is 80.6 Å². The van der Waals surface area contributed by atoms with Gasteiger partial charge in [0.25, 0.3) is 5.91 Å². The number of nitrogens with one attached hydrogen (secondary N) is 1. The van der Waals surface area contributed by atoms with Gasteiger partial charge in [0.1, 0.15) is 5.75 Å². The van der Waals surface area contributed by atoms with Crippen LogP contribution in [-0.2, 0) is 0 Å². The molecule has 4 rings (SSSR count). The van der Waals surface area contributed by atoms with Crippen LogP contribution in [0.25, 0.3) is 11.1 Å². The van der Waals surface area contributed by atoms with Crippen LogP contribution in [0.1, 0.15) is 31.8 Å². The maximum atomic E-state index is 12.5. The summed E-state index contributed by atoms with van der Waals surface area (Å²) in [6.07, 6.45) is 4.59. The molecule has 0 atom stereocenters. The van der Waals surface area contributed by atoms with E-state index in [1.165, 1.54) is 24.2 Å². The van der Waals surface area contributed by atoms with Gasteiger partial charge in [0.15, 0.2) is 0 Å². The Balaban J connectivity index is 1.33. The zero-order valence-corrected chi connectivity index (χ0v) is 17.9. The minimum atomic E-state index is -0.434. The second kappa shape index (κ2) is 10.2. The molecule has 33 heavy (non-hydrogen) atoms. The number of nitrogens with zero attached hydrogens (tertiary/aromatic N) is 2. The van der Waals surface area contributed by atoms with E-state index >= 15 is 0 Å². The van der Waals surface area contributed by atoms with Crippen LogP contribution in [0.3, 0.4) is 0 Å². The van der Waals surface area contributed by atoms with Crippen molar-refractivity contribution in [1.82, 2.24) is 10.4 Å². The first kappa shape index (κ1) is 21.6. The van der Waals surface area contributed by atoms with Gasteiger partial charge in [0, 0.05) is 18.0 Å². The van der Waals surface area contributed by atoms with Gasteiger partial charge in [0.05, 0.1) is 11.8 Å². The van der Waals surface area contributed by atoms with Crippen LogP contribution in [0.4, 0.5) is 0 Å². The Hall–Kier alpha value is -4.58. The fourth-order valence-corrected chi connectivity index (χ4v) is 3.07. The summed E-state index contributed by atoms with van der Waals surface area (Å²) in [6, 6.07) is 25.6. The molecule has 1 aromatic heterocycles. The predicted octanol–water partition coefficient (Wildman–Crippen LogP) is 5.04. The number of aromatic nitrogens is 1. The summed E-state index contributed by atoms with van der Waals surface area (Å²) in [5.41, 5.74) is 7.46. The summed E-state index contributed by atoms with van der Waals surface area (Å²) in [6.45, 7) is 2.05. The number of pyridine rings is 1. The van der Waals surface area contributed by atoms with E-state index in [4.69, 9.17) is 4.74 Å². The molecule has 162 valence electrons. The smallest absolute Gasteiger partial charge is 0.343 e. The molecule has 1 N–H and O–H groups in total. The van der Waals surface area contributed by atoms with Gasteiger partial charge in [-0.1, -0.05) is 42.0 Å². The minimum Gasteiger partial charge on any atom is -0.423 e. The highest BCUT2D eigenvalue weighted by molar-refractivity contribution is 5.94. The van der Waals surface area contributed by atoms with Crippen LogP contribution in [0.15, 0.2) is 102 Å². The van der Waals surface area contributed by atoms with Gasteiger partial charge in [-0.25, -0.2) is 10.2 Å². The molecule has 0 unspecified atom stereocenters. The van der Waals surface area contributed by atoms with Crippen molar-refractivity contribution in [2.75, 3.05) is 0 Å². The Kier molecular flexibility index (Phi) is 6.66. The fourth-order valence-electron chi connectivity index (χ4n) is 3.07. The number of hydrazone groups is 1. The first-order valence-corrected chi connectivity index (χ1v) is 10.3. The van der Waals surface area contributed by atoms with E-state index in [1.54, 1.807) is 48.5 Å². The third-order valence-corrected chi connectivity index (χ3v) is 4.92. The molecule has 0 fully saturated rings. The highest BCUT2D eigenvalue weighted by Gasteiger charge is 2.09. The standard InChI is InChI=1S/C27H21N3O3/c1-19-2-6-21(7-3-19)22-8-10-24(11-9-22)27(32)33-25-12-4-20(5-13-25)18-29-30-26(31)23-14-16-28-17-15-23/h2-18H,1H3,(H,30,31)/b29-18-. The highest BCUT2D eigenvalue weighted by atomic mass is 16.5. The van der Waals surface area contributed by atoms with Crippen LogP contribution in [0, 0.1) is 6.92 Å². The van der Waals surface area contributed by atoms with Gasteiger partial charge >= 0.3 is 5.97 Å². The van der Waals surface area contributed by atoms with E-state index < -0.39 is 5.97 Å². The zero-order chi connectivity index (χ0) is 23.0. The lowest BCUT2D eigenvalue weighted by molar-refractivity contribution is 0.0734. The summed E-state index contributed by atoms with van der Waals surface area (Å²) in [5.74, 6) is -0.343. The molecule has 1 amide bonds. The van der Waals surface area contributed by atoms with E-state index in [2.05, 4.69) is 39.8 Å². The van der Waals surface area contributed by atoms with Gasteiger partial charge in [-0.05, 0) is 72.1 Å². The van der Waals surface area contributed by atoms with Gasteiger partial charge in [0.2, 0.25) is 0 Å². The van der Waals surface area contributed by atoms with Gasteiger partial charge in [-0.2, -0.15) is 5.10 Å². The van der Waals surface area contributed by atoms with Crippen molar-refractivity contribution in [3.63, 3.8) is 0 Å². The summed E-state index contributed by atoms with van der Waals surface area (Å²) in [4.78, 5) is 28.3. The van der Waals surface area contributed by atoms with Crippen molar-refractivity contribution in [2.24, 2.45) is 5.10 Å². The van der Waals surface area contributed by atoms with E-state index in [9.17, 15) is 9.59 Å². The molecule has 4 aromatic rings. The number of carbonyl (C=O) groups excluding carboxylic acids is 2. The number of benzene rings is 3. The third-order valence-electron chi connectivity index (χ3n) is 4.92. The number of rotatable bonds is 6. The molecule has 0 aliphatic rings. The second-order valence-electron chi connectivity index (χ2n) is 7.34. The number of hydrogen-bond acceptors (Lipinski definition) is 5. The molecule has 3 aromatic carbocycles. The van der Waals surface area contributed by atoms with Gasteiger partial charge in [-0.15, -0.1) is 0 Å². The van der Waals surface area contributed by atoms with E-state index in [1.807, 2.05) is 19.1 Å². The monoisotopic (exact) mass is 435 g/mol. The Morgan fingerprint density at radius 3 is 2.03 bits per heavy atom. The van der Waals surface area contributed by atoms with Crippen LogP contribution in [0.2, 0.25) is 0 Å². The molecule has 1 heterocycles. The molecule has 0 spiro atoms. The molecule has 0 aliphatic heterocycles. The van der Waals surface area contributed by atoms with Crippen molar-refractivity contribution in [2.45, 2.75) is 6.92 Å². The Morgan fingerprint density at radius 2 is 1.39 bits per heavy atom. The number of hydrogen-bond donors (Lipinski definition) is 1. The molecule has 0 saturated carbocycles. The Bertz CT molecular complexity index is 1270. The van der Waals surface area contributed by atoms with Crippen molar-refractivity contribution < 1.29 is 14.3 Å². The molecule has 0 saturated heterocycles. The fraction of sp³-hybridized carbons (Fsp3) is 0.0370. The normalized spacial score (nSPS) is 10.7. The lowest BCUT2D eigenvalue weighted by Crippen LogP contribution is -2.17. The predicted molar refractivity (Wildman–Crippen MR) is 127 cm³/mol. The summed E-state index contributed by atoms with van der Waals surface area (Å²) >= 11 is 0. The SMILES string of the molecule is Cc1ccc(-c2ccc(C(=O)Oc3ccc(/C=N\NC(=O)c4ccncc4)cc3)cc2)cc1. The number of esters is 1. The minimum absolute atomic E-state index is 0.326. The van der Waals surface area contributed by atoms with E-state index in [0.29, 0.717) is 16.9 Å². The van der Waals surface area contributed by atoms with E-state index in [0.717, 1.165) is 16.7 Å². The Morgan fingerprint density at radius 1 is 0.788 bits per heavy atom. The second-order valence-corrected chi connectivity index (χ2v) is 7.34. The molecular weight excluding hydrogens is 414 g/mol. The number of carbonyl (C=O) groups is 2. The van der Waals surface area contributed by atoms with Crippen LogP contribution in [-0.4, -0.2) is 23.1 Å². The molecule has 0 aliphatic carbocycles. The van der Waals surface area contributed by atoms with Crippen molar-refractivity contribution in [3.05, 3.63) is 120 Å². The number of aryl methyl sites for hydroxylation is 1. The summed E-state index contributed by atoms with van der Waals surface area (Å²) < 4.78 is 5.46. The quantitative estimate of drug-likeness (QED) is 0.199.